The number of benzene rings is 2. The van der Waals surface area contributed by atoms with Crippen LogP contribution in [0.15, 0.2) is 42.5 Å². The highest BCUT2D eigenvalue weighted by atomic mass is 16.3. The van der Waals surface area contributed by atoms with E-state index in [9.17, 15) is 5.11 Å². The van der Waals surface area contributed by atoms with Crippen LogP contribution in [-0.2, 0) is 7.05 Å². The molecule has 0 saturated heterocycles. The highest BCUT2D eigenvalue weighted by molar-refractivity contribution is 5.81. The van der Waals surface area contributed by atoms with E-state index in [2.05, 4.69) is 4.98 Å². The number of imidazole rings is 1. The molecule has 3 N–H and O–H groups in total. The predicted molar refractivity (Wildman–Crippen MR) is 72.2 cm³/mol. The van der Waals surface area contributed by atoms with Gasteiger partial charge in [-0.1, -0.05) is 12.1 Å². The average Bonchev–Trinajstić information content (AvgIpc) is 2.71. The lowest BCUT2D eigenvalue weighted by molar-refractivity contribution is 0.478. The molecule has 1 heterocycles. The van der Waals surface area contributed by atoms with Crippen LogP contribution in [0.5, 0.6) is 5.75 Å². The van der Waals surface area contributed by atoms with Crippen molar-refractivity contribution in [2.45, 2.75) is 0 Å². The van der Waals surface area contributed by atoms with Crippen molar-refractivity contribution < 1.29 is 5.11 Å². The Kier molecular flexibility index (Phi) is 2.23. The van der Waals surface area contributed by atoms with Crippen molar-refractivity contribution in [2.75, 3.05) is 5.73 Å². The number of aromatic hydroxyl groups is 1. The third-order valence-corrected chi connectivity index (χ3v) is 3.07. The normalized spacial score (nSPS) is 10.9. The maximum Gasteiger partial charge on any atom is 0.140 e. The number of aromatic nitrogens is 2. The number of nitrogens with zero attached hydrogens (tertiary/aromatic N) is 2. The highest BCUT2D eigenvalue weighted by Crippen LogP contribution is 2.28. The van der Waals surface area contributed by atoms with Crippen molar-refractivity contribution in [3.05, 3.63) is 42.5 Å². The molecule has 0 aliphatic heterocycles. The molecule has 3 aromatic rings. The van der Waals surface area contributed by atoms with Crippen molar-refractivity contribution in [3.63, 3.8) is 0 Å². The number of aryl methyl sites for hydroxylation is 1. The van der Waals surface area contributed by atoms with Crippen LogP contribution >= 0.6 is 0 Å². The Hall–Kier alpha value is -2.49. The molecule has 3 rings (SSSR count). The third-order valence-electron chi connectivity index (χ3n) is 3.07. The molecule has 1 aromatic heterocycles. The summed E-state index contributed by atoms with van der Waals surface area (Å²) in [7, 11) is 1.97. The van der Waals surface area contributed by atoms with Crippen LogP contribution in [0, 0.1) is 0 Å². The molecule has 0 aliphatic rings. The molecule has 0 radical (unpaired) electrons. The van der Waals surface area contributed by atoms with Crippen LogP contribution in [0.2, 0.25) is 0 Å². The Bertz CT molecular complexity index is 731. The van der Waals surface area contributed by atoms with Gasteiger partial charge in [0.1, 0.15) is 11.6 Å². The van der Waals surface area contributed by atoms with Gasteiger partial charge in [0.25, 0.3) is 0 Å². The summed E-state index contributed by atoms with van der Waals surface area (Å²) in [6.07, 6.45) is 0. The first-order valence-corrected chi connectivity index (χ1v) is 5.67. The second-order valence-corrected chi connectivity index (χ2v) is 4.26. The lowest BCUT2D eigenvalue weighted by Gasteiger charge is -2.04. The first-order valence-electron chi connectivity index (χ1n) is 5.67. The van der Waals surface area contributed by atoms with E-state index in [0.717, 1.165) is 22.4 Å². The quantitative estimate of drug-likeness (QED) is 0.506. The third kappa shape index (κ3) is 1.50. The van der Waals surface area contributed by atoms with E-state index in [1.54, 1.807) is 12.1 Å². The van der Waals surface area contributed by atoms with Gasteiger partial charge in [-0.05, 0) is 30.3 Å². The van der Waals surface area contributed by atoms with Gasteiger partial charge in [-0.15, -0.1) is 0 Å². The molecule has 0 aliphatic carbocycles. The number of phenolic OH excluding ortho intramolecular Hbond substituents is 1. The molecule has 90 valence electrons. The molecule has 0 bridgehead atoms. The molecule has 0 saturated carbocycles. The maximum atomic E-state index is 9.45. The Morgan fingerprint density at radius 1 is 1.17 bits per heavy atom. The minimum Gasteiger partial charge on any atom is -0.506 e. The fraction of sp³-hybridized carbons (Fsp3) is 0.0714. The fourth-order valence-corrected chi connectivity index (χ4v) is 2.10. The topological polar surface area (TPSA) is 64.1 Å². The van der Waals surface area contributed by atoms with Crippen molar-refractivity contribution in [2.24, 2.45) is 7.05 Å². The highest BCUT2D eigenvalue weighted by Gasteiger charge is 2.10. The van der Waals surface area contributed by atoms with E-state index in [-0.39, 0.29) is 5.75 Å². The van der Waals surface area contributed by atoms with E-state index in [0.29, 0.717) is 5.69 Å². The van der Waals surface area contributed by atoms with Gasteiger partial charge in [-0.3, -0.25) is 0 Å². The second kappa shape index (κ2) is 3.77. The lowest BCUT2D eigenvalue weighted by atomic mass is 10.2. The summed E-state index contributed by atoms with van der Waals surface area (Å²) >= 11 is 0. The van der Waals surface area contributed by atoms with E-state index in [1.165, 1.54) is 0 Å². The van der Waals surface area contributed by atoms with Gasteiger partial charge in [0.2, 0.25) is 0 Å². The monoisotopic (exact) mass is 239 g/mol. The van der Waals surface area contributed by atoms with Crippen molar-refractivity contribution in [3.8, 4) is 17.1 Å². The Morgan fingerprint density at radius 2 is 1.94 bits per heavy atom. The maximum absolute atomic E-state index is 9.45. The summed E-state index contributed by atoms with van der Waals surface area (Å²) in [5, 5.41) is 9.45. The summed E-state index contributed by atoms with van der Waals surface area (Å²) in [5.41, 5.74) is 8.98. The minimum atomic E-state index is 0.0949. The average molecular weight is 239 g/mol. The summed E-state index contributed by atoms with van der Waals surface area (Å²) in [4.78, 5) is 4.58. The Balaban J connectivity index is 2.25. The molecule has 0 spiro atoms. The van der Waals surface area contributed by atoms with E-state index >= 15 is 0 Å². The largest absolute Gasteiger partial charge is 0.506 e. The Morgan fingerprint density at radius 3 is 2.67 bits per heavy atom. The SMILES string of the molecule is Cn1c(-c2ccc(O)c(N)c2)nc2ccccc21. The molecule has 4 heteroatoms. The first-order chi connectivity index (χ1) is 8.66. The van der Waals surface area contributed by atoms with Gasteiger partial charge in [-0.25, -0.2) is 4.98 Å². The predicted octanol–water partition coefficient (Wildman–Crippen LogP) is 2.53. The number of hydrogen-bond donors (Lipinski definition) is 2. The summed E-state index contributed by atoms with van der Waals surface area (Å²) in [5.74, 6) is 0.931. The molecule has 0 atom stereocenters. The summed E-state index contributed by atoms with van der Waals surface area (Å²) in [6, 6.07) is 13.1. The second-order valence-electron chi connectivity index (χ2n) is 4.26. The van der Waals surface area contributed by atoms with Gasteiger partial charge >= 0.3 is 0 Å². The van der Waals surface area contributed by atoms with Crippen LogP contribution in [0.25, 0.3) is 22.4 Å². The zero-order valence-electron chi connectivity index (χ0n) is 9.96. The number of fused-ring (bicyclic) bond motifs is 1. The molecular formula is C14H13N3O. The minimum absolute atomic E-state index is 0.0949. The van der Waals surface area contributed by atoms with Crippen LogP contribution in [0.4, 0.5) is 5.69 Å². The van der Waals surface area contributed by atoms with E-state index in [1.807, 2.05) is 41.9 Å². The van der Waals surface area contributed by atoms with Gasteiger partial charge < -0.3 is 15.4 Å². The molecule has 4 nitrogen and oxygen atoms in total. The van der Waals surface area contributed by atoms with Crippen molar-refractivity contribution >= 4 is 16.7 Å². The molecule has 0 fully saturated rings. The molecule has 2 aromatic carbocycles. The van der Waals surface area contributed by atoms with Crippen LogP contribution in [0.3, 0.4) is 0 Å². The zero-order valence-corrected chi connectivity index (χ0v) is 9.96. The number of anilines is 1. The van der Waals surface area contributed by atoms with Crippen LogP contribution in [-0.4, -0.2) is 14.7 Å². The van der Waals surface area contributed by atoms with Crippen molar-refractivity contribution in [1.82, 2.24) is 9.55 Å². The van der Waals surface area contributed by atoms with Crippen LogP contribution < -0.4 is 5.73 Å². The molecule has 18 heavy (non-hydrogen) atoms. The van der Waals surface area contributed by atoms with E-state index < -0.39 is 0 Å². The summed E-state index contributed by atoms with van der Waals surface area (Å²) in [6.45, 7) is 0. The lowest BCUT2D eigenvalue weighted by Crippen LogP contribution is -1.94. The van der Waals surface area contributed by atoms with Crippen molar-refractivity contribution in [1.29, 1.82) is 0 Å². The summed E-state index contributed by atoms with van der Waals surface area (Å²) < 4.78 is 2.02. The molecule has 0 amide bonds. The smallest absolute Gasteiger partial charge is 0.140 e. The number of para-hydroxylation sites is 2. The van der Waals surface area contributed by atoms with E-state index in [4.69, 9.17) is 5.73 Å². The molecule has 0 unspecified atom stereocenters. The van der Waals surface area contributed by atoms with Gasteiger partial charge in [0.05, 0.1) is 16.7 Å². The first kappa shape index (κ1) is 10.7. The Labute approximate surface area is 104 Å². The number of phenols is 1. The standard InChI is InChI=1S/C14H13N3O/c1-17-12-5-3-2-4-11(12)16-14(17)9-6-7-13(18)10(15)8-9/h2-8,18H,15H2,1H3. The number of rotatable bonds is 1. The number of hydrogen-bond acceptors (Lipinski definition) is 3. The molecular weight excluding hydrogens is 226 g/mol. The van der Waals surface area contributed by atoms with Gasteiger partial charge in [0.15, 0.2) is 0 Å². The van der Waals surface area contributed by atoms with Gasteiger partial charge in [0, 0.05) is 12.6 Å². The fourth-order valence-electron chi connectivity index (χ4n) is 2.10. The number of nitrogen functional groups attached to an aromatic ring is 1. The number of nitrogens with two attached hydrogens (primary N) is 1. The van der Waals surface area contributed by atoms with Gasteiger partial charge in [-0.2, -0.15) is 0 Å². The van der Waals surface area contributed by atoms with Crippen LogP contribution in [0.1, 0.15) is 0 Å². The zero-order chi connectivity index (χ0) is 12.7.